The molecule has 0 aliphatic heterocycles. The van der Waals surface area contributed by atoms with E-state index < -0.39 is 34.2 Å². The number of carbonyl (C=O) groups excluding carboxylic acids is 2. The standard InChI is InChI=1S/C18H20FN3O4S/c1-2-13-4-3-5-15(10-13)22-18(24)11-20-17(23)12-21-27(25,26)16-8-6-14(19)7-9-16/h3-10,21H,2,11-12H2,1H3,(H,20,23)(H,22,24). The highest BCUT2D eigenvalue weighted by molar-refractivity contribution is 7.89. The summed E-state index contributed by atoms with van der Waals surface area (Å²) in [6.07, 6.45) is 0.828. The van der Waals surface area contributed by atoms with Crippen molar-refractivity contribution in [2.75, 3.05) is 18.4 Å². The molecule has 0 aliphatic carbocycles. The molecule has 0 atom stereocenters. The summed E-state index contributed by atoms with van der Waals surface area (Å²) in [5.41, 5.74) is 1.68. The summed E-state index contributed by atoms with van der Waals surface area (Å²) >= 11 is 0. The van der Waals surface area contributed by atoms with Crippen LogP contribution < -0.4 is 15.4 Å². The first-order valence-electron chi connectivity index (χ1n) is 8.21. The van der Waals surface area contributed by atoms with Gasteiger partial charge in [0.15, 0.2) is 0 Å². The Morgan fingerprint density at radius 1 is 1.00 bits per heavy atom. The molecule has 0 saturated carbocycles. The van der Waals surface area contributed by atoms with Crippen LogP contribution in [-0.4, -0.2) is 33.3 Å². The molecule has 3 N–H and O–H groups in total. The number of anilines is 1. The Kier molecular flexibility index (Phi) is 7.03. The Hall–Kier alpha value is -2.78. The van der Waals surface area contributed by atoms with E-state index in [1.54, 1.807) is 6.07 Å². The van der Waals surface area contributed by atoms with Gasteiger partial charge in [0.05, 0.1) is 18.0 Å². The summed E-state index contributed by atoms with van der Waals surface area (Å²) in [6, 6.07) is 11.5. The lowest BCUT2D eigenvalue weighted by Gasteiger charge is -2.09. The average molecular weight is 393 g/mol. The van der Waals surface area contributed by atoms with Gasteiger partial charge in [-0.2, -0.15) is 0 Å². The molecule has 0 aliphatic rings. The maximum atomic E-state index is 12.8. The summed E-state index contributed by atoms with van der Waals surface area (Å²) in [7, 11) is -3.94. The summed E-state index contributed by atoms with van der Waals surface area (Å²) in [5, 5.41) is 4.97. The molecule has 0 spiro atoms. The van der Waals surface area contributed by atoms with Gasteiger partial charge in [-0.15, -0.1) is 0 Å². The molecule has 2 aromatic rings. The van der Waals surface area contributed by atoms with Crippen molar-refractivity contribution < 1.29 is 22.4 Å². The first kappa shape index (κ1) is 20.5. The number of carbonyl (C=O) groups is 2. The summed E-state index contributed by atoms with van der Waals surface area (Å²) in [5.74, 6) is -1.67. The van der Waals surface area contributed by atoms with Crippen molar-refractivity contribution in [3.05, 3.63) is 59.9 Å². The van der Waals surface area contributed by atoms with Crippen LogP contribution in [0.2, 0.25) is 0 Å². The number of hydrogen-bond donors (Lipinski definition) is 3. The Bertz CT molecular complexity index is 914. The van der Waals surface area contributed by atoms with Gasteiger partial charge in [0, 0.05) is 5.69 Å². The second-order valence-electron chi connectivity index (χ2n) is 5.66. The van der Waals surface area contributed by atoms with Gasteiger partial charge in [0.1, 0.15) is 5.82 Å². The van der Waals surface area contributed by atoms with Crippen molar-refractivity contribution in [3.63, 3.8) is 0 Å². The molecule has 9 heteroatoms. The summed E-state index contributed by atoms with van der Waals surface area (Å²) in [4.78, 5) is 23.5. The molecule has 2 rings (SSSR count). The largest absolute Gasteiger partial charge is 0.346 e. The number of halogens is 1. The number of aryl methyl sites for hydroxylation is 1. The zero-order chi connectivity index (χ0) is 19.9. The third kappa shape index (κ3) is 6.46. The van der Waals surface area contributed by atoms with E-state index in [4.69, 9.17) is 0 Å². The highest BCUT2D eigenvalue weighted by atomic mass is 32.2. The van der Waals surface area contributed by atoms with Crippen molar-refractivity contribution in [1.82, 2.24) is 10.0 Å². The third-order valence-electron chi connectivity index (χ3n) is 3.61. The SMILES string of the molecule is CCc1cccc(NC(=O)CNC(=O)CNS(=O)(=O)c2ccc(F)cc2)c1. The molecule has 0 bridgehead atoms. The minimum Gasteiger partial charge on any atom is -0.346 e. The molecule has 144 valence electrons. The smallest absolute Gasteiger partial charge is 0.243 e. The van der Waals surface area contributed by atoms with Gasteiger partial charge in [-0.05, 0) is 48.4 Å². The van der Waals surface area contributed by atoms with Crippen molar-refractivity contribution >= 4 is 27.5 Å². The molecule has 0 radical (unpaired) electrons. The fourth-order valence-corrected chi connectivity index (χ4v) is 3.16. The van der Waals surface area contributed by atoms with Gasteiger partial charge in [0.25, 0.3) is 0 Å². The quantitative estimate of drug-likeness (QED) is 0.631. The first-order valence-corrected chi connectivity index (χ1v) is 9.69. The highest BCUT2D eigenvalue weighted by Gasteiger charge is 2.15. The zero-order valence-electron chi connectivity index (χ0n) is 14.7. The van der Waals surface area contributed by atoms with Gasteiger partial charge in [-0.25, -0.2) is 17.5 Å². The lowest BCUT2D eigenvalue weighted by atomic mass is 10.1. The van der Waals surface area contributed by atoms with E-state index in [1.807, 2.05) is 25.1 Å². The van der Waals surface area contributed by atoms with Crippen LogP contribution in [0, 0.1) is 5.82 Å². The molecule has 0 saturated heterocycles. The van der Waals surface area contributed by atoms with Gasteiger partial charge < -0.3 is 10.6 Å². The summed E-state index contributed by atoms with van der Waals surface area (Å²) < 4.78 is 38.9. The van der Waals surface area contributed by atoms with Crippen molar-refractivity contribution in [3.8, 4) is 0 Å². The van der Waals surface area contributed by atoms with Crippen molar-refractivity contribution in [2.45, 2.75) is 18.2 Å². The molecular formula is C18H20FN3O4S. The van der Waals surface area contributed by atoms with Crippen LogP contribution in [0.1, 0.15) is 12.5 Å². The number of nitrogens with one attached hydrogen (secondary N) is 3. The van der Waals surface area contributed by atoms with E-state index in [2.05, 4.69) is 15.4 Å². The van der Waals surface area contributed by atoms with E-state index in [0.717, 1.165) is 36.2 Å². The fraction of sp³-hybridized carbons (Fsp3) is 0.222. The Labute approximate surface area is 157 Å². The maximum Gasteiger partial charge on any atom is 0.243 e. The molecule has 2 aromatic carbocycles. The Balaban J connectivity index is 1.80. The number of sulfonamides is 1. The van der Waals surface area contributed by atoms with E-state index in [1.165, 1.54) is 0 Å². The highest BCUT2D eigenvalue weighted by Crippen LogP contribution is 2.11. The van der Waals surface area contributed by atoms with E-state index in [9.17, 15) is 22.4 Å². The minimum absolute atomic E-state index is 0.162. The number of benzene rings is 2. The lowest BCUT2D eigenvalue weighted by molar-refractivity contribution is -0.123. The van der Waals surface area contributed by atoms with Gasteiger partial charge in [0.2, 0.25) is 21.8 Å². The second-order valence-corrected chi connectivity index (χ2v) is 7.42. The van der Waals surface area contributed by atoms with Crippen molar-refractivity contribution in [1.29, 1.82) is 0 Å². The van der Waals surface area contributed by atoms with Crippen LogP contribution in [0.5, 0.6) is 0 Å². The first-order chi connectivity index (χ1) is 12.8. The van der Waals surface area contributed by atoms with Crippen LogP contribution in [0.4, 0.5) is 10.1 Å². The molecular weight excluding hydrogens is 373 g/mol. The van der Waals surface area contributed by atoms with Gasteiger partial charge in [-0.3, -0.25) is 9.59 Å². The Morgan fingerprint density at radius 2 is 1.70 bits per heavy atom. The van der Waals surface area contributed by atoms with Crippen LogP contribution >= 0.6 is 0 Å². The van der Waals surface area contributed by atoms with Crippen molar-refractivity contribution in [2.24, 2.45) is 0 Å². The second kappa shape index (κ2) is 9.24. The molecule has 0 heterocycles. The van der Waals surface area contributed by atoms with Gasteiger partial charge >= 0.3 is 0 Å². The predicted octanol–water partition coefficient (Wildman–Crippen LogP) is 1.42. The molecule has 0 fully saturated rings. The zero-order valence-corrected chi connectivity index (χ0v) is 15.5. The normalized spacial score (nSPS) is 11.0. The van der Waals surface area contributed by atoms with Crippen LogP contribution in [0.25, 0.3) is 0 Å². The third-order valence-corrected chi connectivity index (χ3v) is 5.03. The van der Waals surface area contributed by atoms with Crippen LogP contribution in [0.15, 0.2) is 53.4 Å². The average Bonchev–Trinajstić information content (AvgIpc) is 2.65. The minimum atomic E-state index is -3.94. The molecule has 0 unspecified atom stereocenters. The van der Waals surface area contributed by atoms with Crippen LogP contribution in [0.3, 0.4) is 0 Å². The number of rotatable bonds is 8. The fourth-order valence-electron chi connectivity index (χ4n) is 2.17. The molecule has 27 heavy (non-hydrogen) atoms. The molecule has 0 aromatic heterocycles. The van der Waals surface area contributed by atoms with Gasteiger partial charge in [-0.1, -0.05) is 19.1 Å². The number of amides is 2. The maximum absolute atomic E-state index is 12.8. The van der Waals surface area contributed by atoms with E-state index in [-0.39, 0.29) is 11.4 Å². The summed E-state index contributed by atoms with van der Waals surface area (Å²) in [6.45, 7) is 1.15. The van der Waals surface area contributed by atoms with Crippen LogP contribution in [-0.2, 0) is 26.0 Å². The predicted molar refractivity (Wildman–Crippen MR) is 99.0 cm³/mol. The van der Waals surface area contributed by atoms with E-state index in [0.29, 0.717) is 5.69 Å². The number of hydrogen-bond acceptors (Lipinski definition) is 4. The molecule has 7 nitrogen and oxygen atoms in total. The molecule has 2 amide bonds. The lowest BCUT2D eigenvalue weighted by Crippen LogP contribution is -2.40. The Morgan fingerprint density at radius 3 is 2.37 bits per heavy atom. The van der Waals surface area contributed by atoms with E-state index >= 15 is 0 Å². The topological polar surface area (TPSA) is 104 Å². The monoisotopic (exact) mass is 393 g/mol.